The molecule has 2 heterocycles. The van der Waals surface area contributed by atoms with E-state index in [1.165, 1.54) is 31.0 Å². The minimum absolute atomic E-state index is 0.123. The molecular formula is C16H16BrFN2O4S. The van der Waals surface area contributed by atoms with E-state index in [9.17, 15) is 17.6 Å². The Morgan fingerprint density at radius 2 is 2.08 bits per heavy atom. The van der Waals surface area contributed by atoms with Crippen LogP contribution >= 0.6 is 15.9 Å². The van der Waals surface area contributed by atoms with Crippen LogP contribution in [0.5, 0.6) is 0 Å². The normalized spacial score (nSPS) is 14.5. The first-order valence-electron chi connectivity index (χ1n) is 7.53. The molecule has 0 unspecified atom stereocenters. The topological polar surface area (TPSA) is 79.6 Å². The van der Waals surface area contributed by atoms with Gasteiger partial charge in [0.25, 0.3) is 15.9 Å². The maximum Gasteiger partial charge on any atom is 0.273 e. The van der Waals surface area contributed by atoms with Crippen molar-refractivity contribution in [3.63, 3.8) is 0 Å². The lowest BCUT2D eigenvalue weighted by Gasteiger charge is -2.29. The van der Waals surface area contributed by atoms with Gasteiger partial charge in [-0.05, 0) is 38.1 Å². The summed E-state index contributed by atoms with van der Waals surface area (Å²) in [5, 5.41) is -0.317. The number of hydrogen-bond acceptors (Lipinski definition) is 4. The number of nitrogens with zero attached hydrogens (tertiary/aromatic N) is 1. The fourth-order valence-corrected chi connectivity index (χ4v) is 4.12. The Hall–Kier alpha value is -1.71. The Bertz CT molecular complexity index is 955. The minimum Gasteiger partial charge on any atom is -0.448 e. The summed E-state index contributed by atoms with van der Waals surface area (Å²) in [6.45, 7) is 2.06. The Balaban J connectivity index is 1.92. The van der Waals surface area contributed by atoms with E-state index in [1.807, 2.05) is 0 Å². The van der Waals surface area contributed by atoms with E-state index >= 15 is 0 Å². The predicted octanol–water partition coefficient (Wildman–Crippen LogP) is 2.60. The predicted molar refractivity (Wildman–Crippen MR) is 92.2 cm³/mol. The van der Waals surface area contributed by atoms with Gasteiger partial charge in [-0.1, -0.05) is 15.9 Å². The number of halogens is 2. The monoisotopic (exact) mass is 430 g/mol. The Morgan fingerprint density at radius 3 is 2.76 bits per heavy atom. The molecule has 0 aliphatic carbocycles. The van der Waals surface area contributed by atoms with Gasteiger partial charge in [0.1, 0.15) is 11.6 Å². The average Bonchev–Trinajstić information content (AvgIpc) is 3.00. The molecule has 1 aliphatic rings. The number of hydrogen-bond donors (Lipinski definition) is 1. The van der Waals surface area contributed by atoms with Gasteiger partial charge < -0.3 is 9.32 Å². The highest BCUT2D eigenvalue weighted by Gasteiger charge is 2.29. The molecule has 9 heteroatoms. The third-order valence-electron chi connectivity index (χ3n) is 4.24. The highest BCUT2D eigenvalue weighted by molar-refractivity contribution is 9.10. The van der Waals surface area contributed by atoms with Gasteiger partial charge in [0.15, 0.2) is 0 Å². The summed E-state index contributed by atoms with van der Waals surface area (Å²) in [7, 11) is -2.52. The van der Waals surface area contributed by atoms with E-state index in [-0.39, 0.29) is 34.7 Å². The second-order valence-electron chi connectivity index (χ2n) is 5.71. The molecule has 0 atom stereocenters. The zero-order valence-corrected chi connectivity index (χ0v) is 16.0. The molecule has 1 aliphatic heterocycles. The van der Waals surface area contributed by atoms with Crippen molar-refractivity contribution in [2.45, 2.75) is 25.0 Å². The van der Waals surface area contributed by atoms with E-state index in [0.717, 1.165) is 10.0 Å². The standard InChI is InChI=1S/C16H16BrFN2O4S/c1-9-11(7-15(24-9)25(22,23)19-2)16(21)20-6-5-10-12(8-20)14(18)4-3-13(10)17/h3-4,7,19H,5-6,8H2,1-2H3. The molecule has 1 amide bonds. The van der Waals surface area contributed by atoms with Crippen LogP contribution < -0.4 is 4.72 Å². The maximum atomic E-state index is 14.1. The van der Waals surface area contributed by atoms with Crippen LogP contribution in [0.4, 0.5) is 4.39 Å². The highest BCUT2D eigenvalue weighted by atomic mass is 79.9. The van der Waals surface area contributed by atoms with Crippen LogP contribution in [-0.4, -0.2) is 32.8 Å². The molecule has 0 radical (unpaired) electrons. The van der Waals surface area contributed by atoms with Crippen molar-refractivity contribution in [2.75, 3.05) is 13.6 Å². The van der Waals surface area contributed by atoms with Gasteiger partial charge in [0, 0.05) is 29.2 Å². The Labute approximate surface area is 153 Å². The largest absolute Gasteiger partial charge is 0.448 e. The third-order valence-corrected chi connectivity index (χ3v) is 6.26. The van der Waals surface area contributed by atoms with Crippen molar-refractivity contribution in [2.24, 2.45) is 0 Å². The molecule has 134 valence electrons. The van der Waals surface area contributed by atoms with Gasteiger partial charge in [-0.15, -0.1) is 0 Å². The molecule has 25 heavy (non-hydrogen) atoms. The Morgan fingerprint density at radius 1 is 1.36 bits per heavy atom. The molecule has 1 aromatic carbocycles. The number of benzene rings is 1. The number of aryl methyl sites for hydroxylation is 1. The second-order valence-corrected chi connectivity index (χ2v) is 8.38. The molecule has 1 N–H and O–H groups in total. The van der Waals surface area contributed by atoms with Crippen molar-refractivity contribution in [3.05, 3.63) is 50.9 Å². The zero-order valence-electron chi connectivity index (χ0n) is 13.6. The van der Waals surface area contributed by atoms with E-state index in [0.29, 0.717) is 18.5 Å². The van der Waals surface area contributed by atoms with Crippen molar-refractivity contribution < 1.29 is 22.0 Å². The summed E-state index contributed by atoms with van der Waals surface area (Å²) in [5.74, 6) is -0.541. The van der Waals surface area contributed by atoms with Crippen LogP contribution in [0.25, 0.3) is 0 Å². The third kappa shape index (κ3) is 3.23. The number of sulfonamides is 1. The number of carbonyl (C=O) groups is 1. The van der Waals surface area contributed by atoms with Crippen LogP contribution in [0.2, 0.25) is 0 Å². The van der Waals surface area contributed by atoms with Crippen LogP contribution in [0.3, 0.4) is 0 Å². The van der Waals surface area contributed by atoms with Gasteiger partial charge in [-0.2, -0.15) is 0 Å². The first-order valence-corrected chi connectivity index (χ1v) is 9.81. The minimum atomic E-state index is -3.78. The molecule has 0 fully saturated rings. The van der Waals surface area contributed by atoms with Gasteiger partial charge in [0.2, 0.25) is 5.09 Å². The van der Waals surface area contributed by atoms with E-state index < -0.39 is 10.0 Å². The van der Waals surface area contributed by atoms with Crippen LogP contribution in [0, 0.1) is 12.7 Å². The fraction of sp³-hybridized carbons (Fsp3) is 0.312. The number of amides is 1. The second kappa shape index (κ2) is 6.54. The van der Waals surface area contributed by atoms with Gasteiger partial charge in [-0.3, -0.25) is 4.79 Å². The SMILES string of the molecule is CNS(=O)(=O)c1cc(C(=O)N2CCc3c(Br)ccc(F)c3C2)c(C)o1. The van der Waals surface area contributed by atoms with Gasteiger partial charge in [0.05, 0.1) is 5.56 Å². The lowest BCUT2D eigenvalue weighted by Crippen LogP contribution is -2.36. The smallest absolute Gasteiger partial charge is 0.273 e. The molecule has 6 nitrogen and oxygen atoms in total. The van der Waals surface area contributed by atoms with Crippen molar-refractivity contribution >= 4 is 31.9 Å². The van der Waals surface area contributed by atoms with Gasteiger partial charge in [-0.25, -0.2) is 17.5 Å². The van der Waals surface area contributed by atoms with Crippen LogP contribution in [-0.2, 0) is 23.0 Å². The lowest BCUT2D eigenvalue weighted by atomic mass is 9.98. The Kier molecular flexibility index (Phi) is 4.74. The quantitative estimate of drug-likeness (QED) is 0.811. The lowest BCUT2D eigenvalue weighted by molar-refractivity contribution is 0.0730. The molecule has 0 saturated carbocycles. The van der Waals surface area contributed by atoms with Crippen molar-refractivity contribution in [1.82, 2.24) is 9.62 Å². The molecule has 0 saturated heterocycles. The molecular weight excluding hydrogens is 415 g/mol. The fourth-order valence-electron chi connectivity index (χ4n) is 2.84. The zero-order chi connectivity index (χ0) is 18.4. The van der Waals surface area contributed by atoms with E-state index in [4.69, 9.17) is 4.42 Å². The summed E-state index contributed by atoms with van der Waals surface area (Å²) in [6.07, 6.45) is 0.512. The first-order chi connectivity index (χ1) is 11.7. The number of rotatable bonds is 3. The number of nitrogens with one attached hydrogen (secondary N) is 1. The summed E-state index contributed by atoms with van der Waals surface area (Å²) in [5.41, 5.74) is 1.48. The molecule has 0 spiro atoms. The van der Waals surface area contributed by atoms with Crippen LogP contribution in [0.15, 0.2) is 32.2 Å². The molecule has 3 rings (SSSR count). The van der Waals surface area contributed by atoms with Crippen molar-refractivity contribution in [1.29, 1.82) is 0 Å². The molecule has 1 aromatic heterocycles. The summed E-state index contributed by atoms with van der Waals surface area (Å²) >= 11 is 3.40. The average molecular weight is 431 g/mol. The number of furan rings is 1. The maximum absolute atomic E-state index is 14.1. The highest BCUT2D eigenvalue weighted by Crippen LogP contribution is 2.30. The van der Waals surface area contributed by atoms with E-state index in [1.54, 1.807) is 6.07 Å². The van der Waals surface area contributed by atoms with E-state index in [2.05, 4.69) is 20.7 Å². The number of fused-ring (bicyclic) bond motifs is 1. The summed E-state index contributed by atoms with van der Waals surface area (Å²) < 4.78 is 45.9. The molecule has 2 aromatic rings. The summed E-state index contributed by atoms with van der Waals surface area (Å²) in [4.78, 5) is 14.3. The first kappa shape index (κ1) is 18.1. The number of carbonyl (C=O) groups excluding carboxylic acids is 1. The van der Waals surface area contributed by atoms with Crippen LogP contribution in [0.1, 0.15) is 27.2 Å². The molecule has 0 bridgehead atoms. The summed E-state index contributed by atoms with van der Waals surface area (Å²) in [6, 6.07) is 4.22. The van der Waals surface area contributed by atoms with Gasteiger partial charge >= 0.3 is 0 Å². The van der Waals surface area contributed by atoms with Crippen molar-refractivity contribution in [3.8, 4) is 0 Å².